The Balaban J connectivity index is 1.58. The van der Waals surface area contributed by atoms with E-state index in [2.05, 4.69) is 4.90 Å². The minimum absolute atomic E-state index is 0.0272. The highest BCUT2D eigenvalue weighted by molar-refractivity contribution is 6.31. The topological polar surface area (TPSA) is 70.0 Å². The molecule has 3 rings (SSSR count). The van der Waals surface area contributed by atoms with Gasteiger partial charge < -0.3 is 14.9 Å². The normalized spacial score (nSPS) is 24.4. The van der Waals surface area contributed by atoms with Crippen LogP contribution in [0.15, 0.2) is 35.9 Å². The smallest absolute Gasteiger partial charge is 0.303 e. The largest absolute Gasteiger partial charge is 0.481 e. The molecule has 1 aromatic carbocycles. The van der Waals surface area contributed by atoms with Crippen molar-refractivity contribution in [3.63, 3.8) is 0 Å². The van der Waals surface area contributed by atoms with E-state index in [0.29, 0.717) is 24.1 Å². The van der Waals surface area contributed by atoms with E-state index in [-0.39, 0.29) is 36.2 Å². The molecule has 5 atom stereocenters. The van der Waals surface area contributed by atoms with Gasteiger partial charge in [-0.3, -0.25) is 9.69 Å². The monoisotopic (exact) mass is 531 g/mol. The number of aryl methyl sites for hydroxylation is 1. The number of β-amino-alcohol motifs (C(OH)–C–C–N with tert-alkyl or cyclic N) is 1. The molecule has 0 spiro atoms. The first-order chi connectivity index (χ1) is 16.7. The quantitative estimate of drug-likeness (QED) is 0.354. The Kier molecular flexibility index (Phi) is 10.5. The van der Waals surface area contributed by atoms with Gasteiger partial charge in [-0.05, 0) is 67.5 Å². The molecular formula is C26H33Cl2F2NO4. The van der Waals surface area contributed by atoms with Crippen LogP contribution in [0.2, 0.25) is 0 Å². The Hall–Kier alpha value is -1.51. The molecule has 2 N–H and O–H groups in total. The standard InChI is InChI=1S/C26H33Cl2F2NO4/c1-2-25(20-13-24(30)23(29)12-17(20)6-8-26(33)34)35-15-19(32)14-31-9-3-4-18(31)10-16-5-7-21(27)22(28)11-16/h5,7,11-13,18-19,21-22,25,32H,2-4,6,8-10,14-15H2,1H3,(H,33,34)/t18-,19?,21?,22?,25?/m0/s1. The predicted octanol–water partition coefficient (Wildman–Crippen LogP) is 5.38. The summed E-state index contributed by atoms with van der Waals surface area (Å²) in [6.07, 6.45) is 7.79. The van der Waals surface area contributed by atoms with E-state index in [9.17, 15) is 18.7 Å². The fraction of sp³-hybridized carbons (Fsp3) is 0.577. The number of alkyl halides is 2. The first-order valence-corrected chi connectivity index (χ1v) is 13.0. The first-order valence-electron chi connectivity index (χ1n) is 12.1. The van der Waals surface area contributed by atoms with Crippen LogP contribution in [0, 0.1) is 11.6 Å². The van der Waals surface area contributed by atoms with E-state index in [0.717, 1.165) is 43.5 Å². The molecule has 9 heteroatoms. The fourth-order valence-electron chi connectivity index (χ4n) is 4.79. The Bertz CT molecular complexity index is 942. The van der Waals surface area contributed by atoms with Gasteiger partial charge in [0.15, 0.2) is 11.6 Å². The van der Waals surface area contributed by atoms with Crippen LogP contribution >= 0.6 is 23.2 Å². The Morgan fingerprint density at radius 2 is 2.00 bits per heavy atom. The molecule has 0 radical (unpaired) electrons. The molecular weight excluding hydrogens is 499 g/mol. The van der Waals surface area contributed by atoms with Gasteiger partial charge in [0.1, 0.15) is 0 Å². The van der Waals surface area contributed by atoms with Crippen LogP contribution in [0.3, 0.4) is 0 Å². The summed E-state index contributed by atoms with van der Waals surface area (Å²) in [5.74, 6) is -3.05. The minimum Gasteiger partial charge on any atom is -0.481 e. The zero-order valence-electron chi connectivity index (χ0n) is 19.8. The third-order valence-electron chi connectivity index (χ3n) is 6.59. The summed E-state index contributed by atoms with van der Waals surface area (Å²) in [7, 11) is 0. The second kappa shape index (κ2) is 13.2. The van der Waals surface area contributed by atoms with Crippen molar-refractivity contribution < 1.29 is 28.5 Å². The maximum atomic E-state index is 14.0. The number of halogens is 4. The molecule has 1 saturated heterocycles. The zero-order chi connectivity index (χ0) is 25.5. The molecule has 1 heterocycles. The lowest BCUT2D eigenvalue weighted by Gasteiger charge is -2.29. The molecule has 1 aliphatic heterocycles. The summed E-state index contributed by atoms with van der Waals surface area (Å²) in [6.45, 7) is 3.18. The number of nitrogens with zero attached hydrogens (tertiary/aromatic N) is 1. The molecule has 35 heavy (non-hydrogen) atoms. The third-order valence-corrected chi connectivity index (χ3v) is 7.53. The van der Waals surface area contributed by atoms with Crippen molar-refractivity contribution in [2.24, 2.45) is 0 Å². The number of aliphatic hydroxyl groups is 1. The number of carboxylic acids is 1. The molecule has 1 fully saturated rings. The molecule has 1 aromatic rings. The molecule has 4 unspecified atom stereocenters. The van der Waals surface area contributed by atoms with Gasteiger partial charge in [-0.2, -0.15) is 0 Å². The van der Waals surface area contributed by atoms with Crippen LogP contribution in [-0.4, -0.2) is 63.7 Å². The number of aliphatic hydroxyl groups excluding tert-OH is 1. The molecule has 0 amide bonds. The highest BCUT2D eigenvalue weighted by Gasteiger charge is 2.28. The van der Waals surface area contributed by atoms with E-state index >= 15 is 0 Å². The number of aliphatic carboxylic acids is 1. The first kappa shape index (κ1) is 28.1. The van der Waals surface area contributed by atoms with Gasteiger partial charge in [0.05, 0.1) is 29.6 Å². The number of carbonyl (C=O) groups is 1. The van der Waals surface area contributed by atoms with Crippen LogP contribution in [0.5, 0.6) is 0 Å². The van der Waals surface area contributed by atoms with Crippen molar-refractivity contribution in [1.82, 2.24) is 4.90 Å². The minimum atomic E-state index is -1.02. The lowest BCUT2D eigenvalue weighted by Crippen LogP contribution is -2.38. The van der Waals surface area contributed by atoms with Gasteiger partial charge in [-0.1, -0.05) is 25.2 Å². The number of hydrogen-bond donors (Lipinski definition) is 2. The Morgan fingerprint density at radius 3 is 2.69 bits per heavy atom. The van der Waals surface area contributed by atoms with E-state index in [1.807, 2.05) is 25.2 Å². The van der Waals surface area contributed by atoms with Crippen molar-refractivity contribution >= 4 is 29.2 Å². The second-order valence-electron chi connectivity index (χ2n) is 9.23. The van der Waals surface area contributed by atoms with E-state index in [1.165, 1.54) is 0 Å². The van der Waals surface area contributed by atoms with Crippen LogP contribution < -0.4 is 0 Å². The summed E-state index contributed by atoms with van der Waals surface area (Å²) >= 11 is 12.4. The van der Waals surface area contributed by atoms with Crippen LogP contribution in [0.1, 0.15) is 56.3 Å². The van der Waals surface area contributed by atoms with Gasteiger partial charge >= 0.3 is 5.97 Å². The zero-order valence-corrected chi connectivity index (χ0v) is 21.3. The van der Waals surface area contributed by atoms with Crippen LogP contribution in [0.4, 0.5) is 8.78 Å². The van der Waals surface area contributed by atoms with Gasteiger partial charge in [0, 0.05) is 19.0 Å². The number of carboxylic acid groups (broad SMARTS) is 1. The number of likely N-dealkylation sites (tertiary alicyclic amines) is 1. The maximum Gasteiger partial charge on any atom is 0.303 e. The maximum absolute atomic E-state index is 14.0. The Morgan fingerprint density at radius 1 is 1.26 bits per heavy atom. The molecule has 194 valence electrons. The van der Waals surface area contributed by atoms with E-state index in [1.54, 1.807) is 0 Å². The van der Waals surface area contributed by atoms with Gasteiger partial charge in [-0.25, -0.2) is 8.78 Å². The summed E-state index contributed by atoms with van der Waals surface area (Å²) < 4.78 is 33.7. The average molecular weight is 532 g/mol. The lowest BCUT2D eigenvalue weighted by molar-refractivity contribution is -0.136. The lowest BCUT2D eigenvalue weighted by atomic mass is 9.96. The van der Waals surface area contributed by atoms with Crippen molar-refractivity contribution in [3.8, 4) is 0 Å². The van der Waals surface area contributed by atoms with Crippen molar-refractivity contribution in [3.05, 3.63) is 58.7 Å². The number of rotatable bonds is 12. The van der Waals surface area contributed by atoms with Crippen LogP contribution in [-0.2, 0) is 16.0 Å². The molecule has 1 aliphatic carbocycles. The summed E-state index contributed by atoms with van der Waals surface area (Å²) in [5, 5.41) is 19.3. The molecule has 0 bridgehead atoms. The summed E-state index contributed by atoms with van der Waals surface area (Å²) in [4.78, 5) is 13.2. The number of benzene rings is 1. The average Bonchev–Trinajstić information content (AvgIpc) is 3.23. The SMILES string of the molecule is CCC(OCC(O)CN1CCC[C@H]1CC1=CC(Cl)C(Cl)C=C1)c1cc(F)c(F)cc1CCC(=O)O. The van der Waals surface area contributed by atoms with E-state index in [4.69, 9.17) is 33.0 Å². The summed E-state index contributed by atoms with van der Waals surface area (Å²) in [5.41, 5.74) is 1.96. The predicted molar refractivity (Wildman–Crippen MR) is 133 cm³/mol. The van der Waals surface area contributed by atoms with Crippen molar-refractivity contribution in [1.29, 1.82) is 0 Å². The summed E-state index contributed by atoms with van der Waals surface area (Å²) in [6, 6.07) is 2.40. The molecule has 5 nitrogen and oxygen atoms in total. The van der Waals surface area contributed by atoms with E-state index < -0.39 is 29.8 Å². The number of hydrogen-bond acceptors (Lipinski definition) is 4. The van der Waals surface area contributed by atoms with Crippen molar-refractivity contribution in [2.75, 3.05) is 19.7 Å². The highest BCUT2D eigenvalue weighted by atomic mass is 35.5. The molecule has 2 aliphatic rings. The number of ether oxygens (including phenoxy) is 1. The highest BCUT2D eigenvalue weighted by Crippen LogP contribution is 2.30. The van der Waals surface area contributed by atoms with Gasteiger partial charge in [-0.15, -0.1) is 23.2 Å². The second-order valence-corrected chi connectivity index (χ2v) is 10.2. The molecule has 0 aromatic heterocycles. The van der Waals surface area contributed by atoms with Gasteiger partial charge in [0.2, 0.25) is 0 Å². The number of allylic oxidation sites excluding steroid dienone is 3. The fourth-order valence-corrected chi connectivity index (χ4v) is 5.18. The molecule has 0 saturated carbocycles. The van der Waals surface area contributed by atoms with Crippen molar-refractivity contribution in [2.45, 2.75) is 74.5 Å². The third kappa shape index (κ3) is 7.99. The Labute approximate surface area is 215 Å². The van der Waals surface area contributed by atoms with Crippen LogP contribution in [0.25, 0.3) is 0 Å². The van der Waals surface area contributed by atoms with Gasteiger partial charge in [0.25, 0.3) is 0 Å².